The maximum atomic E-state index is 10.6. The van der Waals surface area contributed by atoms with Crippen molar-refractivity contribution in [2.45, 2.75) is 38.3 Å². The molecule has 0 radical (unpaired) electrons. The van der Waals surface area contributed by atoms with Gasteiger partial charge >= 0.3 is 0 Å². The first-order valence-electron chi connectivity index (χ1n) is 7.55. The van der Waals surface area contributed by atoms with Crippen molar-refractivity contribution in [2.75, 3.05) is 19.8 Å². The highest BCUT2D eigenvalue weighted by Gasteiger charge is 2.26. The van der Waals surface area contributed by atoms with E-state index in [1.54, 1.807) is 0 Å². The lowest BCUT2D eigenvalue weighted by atomic mass is 9.88. The number of fused-ring (bicyclic) bond motifs is 1. The minimum Gasteiger partial charge on any atom is -0.490 e. The summed E-state index contributed by atoms with van der Waals surface area (Å²) in [7, 11) is 0. The van der Waals surface area contributed by atoms with Crippen molar-refractivity contribution in [3.8, 4) is 11.5 Å². The van der Waals surface area contributed by atoms with Crippen molar-refractivity contribution in [3.63, 3.8) is 0 Å². The van der Waals surface area contributed by atoms with E-state index in [2.05, 4.69) is 12.2 Å². The number of rotatable bonds is 2. The molecule has 4 heteroatoms. The van der Waals surface area contributed by atoms with Crippen LogP contribution in [0.4, 0.5) is 0 Å². The van der Waals surface area contributed by atoms with Gasteiger partial charge in [0, 0.05) is 12.5 Å². The zero-order chi connectivity index (χ0) is 13.9. The van der Waals surface area contributed by atoms with Crippen LogP contribution in [0.2, 0.25) is 0 Å². The molecule has 2 heterocycles. The molecule has 3 rings (SSSR count). The highest BCUT2D eigenvalue weighted by Crippen LogP contribution is 2.34. The second-order valence-corrected chi connectivity index (χ2v) is 5.89. The van der Waals surface area contributed by atoms with Crippen molar-refractivity contribution in [2.24, 2.45) is 5.92 Å². The SMILES string of the molecule is CC1CCNC(C(O)c2ccc3c(c2)OCCCO3)C1. The Balaban J connectivity index is 1.77. The van der Waals surface area contributed by atoms with E-state index in [0.717, 1.165) is 36.4 Å². The summed E-state index contributed by atoms with van der Waals surface area (Å²) in [4.78, 5) is 0. The monoisotopic (exact) mass is 277 g/mol. The second kappa shape index (κ2) is 6.02. The van der Waals surface area contributed by atoms with E-state index in [-0.39, 0.29) is 6.04 Å². The Labute approximate surface area is 120 Å². The molecule has 3 atom stereocenters. The van der Waals surface area contributed by atoms with Crippen LogP contribution in [0.5, 0.6) is 11.5 Å². The summed E-state index contributed by atoms with van der Waals surface area (Å²) in [6.07, 6.45) is 2.60. The molecule has 0 aromatic heterocycles. The van der Waals surface area contributed by atoms with Gasteiger partial charge in [0.1, 0.15) is 0 Å². The Bertz CT molecular complexity index is 463. The van der Waals surface area contributed by atoms with Gasteiger partial charge in [-0.25, -0.2) is 0 Å². The molecule has 4 nitrogen and oxygen atoms in total. The number of nitrogens with one attached hydrogen (secondary N) is 1. The number of piperidine rings is 1. The van der Waals surface area contributed by atoms with Crippen molar-refractivity contribution in [1.29, 1.82) is 0 Å². The van der Waals surface area contributed by atoms with E-state index in [1.165, 1.54) is 6.42 Å². The summed E-state index contributed by atoms with van der Waals surface area (Å²) in [6, 6.07) is 5.90. The topological polar surface area (TPSA) is 50.7 Å². The summed E-state index contributed by atoms with van der Waals surface area (Å²) in [6.45, 7) is 4.59. The van der Waals surface area contributed by atoms with Crippen LogP contribution in [0.3, 0.4) is 0 Å². The number of ether oxygens (including phenoxy) is 2. The van der Waals surface area contributed by atoms with E-state index in [9.17, 15) is 5.11 Å². The molecule has 1 fully saturated rings. The summed E-state index contributed by atoms with van der Waals surface area (Å²) in [5.41, 5.74) is 0.904. The first-order valence-corrected chi connectivity index (χ1v) is 7.55. The van der Waals surface area contributed by atoms with Crippen LogP contribution in [-0.4, -0.2) is 30.9 Å². The largest absolute Gasteiger partial charge is 0.490 e. The highest BCUT2D eigenvalue weighted by atomic mass is 16.5. The Kier molecular flexibility index (Phi) is 4.13. The lowest BCUT2D eigenvalue weighted by Crippen LogP contribution is -2.41. The smallest absolute Gasteiger partial charge is 0.161 e. The van der Waals surface area contributed by atoms with E-state index < -0.39 is 6.10 Å². The van der Waals surface area contributed by atoms with Crippen LogP contribution in [0.1, 0.15) is 37.9 Å². The minimum atomic E-state index is -0.491. The molecule has 0 bridgehead atoms. The highest BCUT2D eigenvalue weighted by molar-refractivity contribution is 5.44. The predicted molar refractivity (Wildman–Crippen MR) is 77.2 cm³/mol. The summed E-state index contributed by atoms with van der Waals surface area (Å²) < 4.78 is 11.3. The molecule has 1 aromatic rings. The quantitative estimate of drug-likeness (QED) is 0.870. The number of hydrogen-bond acceptors (Lipinski definition) is 4. The third kappa shape index (κ3) is 2.91. The fraction of sp³-hybridized carbons (Fsp3) is 0.625. The van der Waals surface area contributed by atoms with Gasteiger partial charge in [0.25, 0.3) is 0 Å². The maximum absolute atomic E-state index is 10.6. The van der Waals surface area contributed by atoms with Gasteiger partial charge in [-0.15, -0.1) is 0 Å². The molecular formula is C16H23NO3. The molecule has 0 amide bonds. The second-order valence-electron chi connectivity index (χ2n) is 5.89. The first kappa shape index (κ1) is 13.7. The van der Waals surface area contributed by atoms with Crippen LogP contribution in [-0.2, 0) is 0 Å². The normalized spacial score (nSPS) is 27.7. The molecule has 1 saturated heterocycles. The standard InChI is InChI=1S/C16H23NO3/c1-11-5-6-17-13(9-11)16(18)12-3-4-14-15(10-12)20-8-2-7-19-14/h3-4,10-11,13,16-18H,2,5-9H2,1H3. The van der Waals surface area contributed by atoms with Gasteiger partial charge in [0.05, 0.1) is 19.3 Å². The summed E-state index contributed by atoms with van der Waals surface area (Å²) in [5.74, 6) is 2.20. The lowest BCUT2D eigenvalue weighted by Gasteiger charge is -2.32. The van der Waals surface area contributed by atoms with Gasteiger partial charge in [-0.3, -0.25) is 0 Å². The fourth-order valence-corrected chi connectivity index (χ4v) is 2.99. The van der Waals surface area contributed by atoms with Gasteiger partial charge in [0.15, 0.2) is 11.5 Å². The zero-order valence-electron chi connectivity index (χ0n) is 12.0. The Morgan fingerprint density at radius 3 is 2.85 bits per heavy atom. The van der Waals surface area contributed by atoms with Gasteiger partial charge in [-0.05, 0) is 43.0 Å². The average molecular weight is 277 g/mol. The third-order valence-electron chi connectivity index (χ3n) is 4.19. The molecule has 20 heavy (non-hydrogen) atoms. The lowest BCUT2D eigenvalue weighted by molar-refractivity contribution is 0.101. The molecule has 0 spiro atoms. The number of hydrogen-bond donors (Lipinski definition) is 2. The zero-order valence-corrected chi connectivity index (χ0v) is 12.0. The van der Waals surface area contributed by atoms with Gasteiger partial charge in [-0.2, -0.15) is 0 Å². The Morgan fingerprint density at radius 1 is 1.25 bits per heavy atom. The van der Waals surface area contributed by atoms with Crippen LogP contribution in [0, 0.1) is 5.92 Å². The molecule has 2 aliphatic heterocycles. The molecule has 110 valence electrons. The Morgan fingerprint density at radius 2 is 2.05 bits per heavy atom. The Hall–Kier alpha value is -1.26. The van der Waals surface area contributed by atoms with Crippen LogP contribution in [0.15, 0.2) is 18.2 Å². The fourth-order valence-electron chi connectivity index (χ4n) is 2.99. The van der Waals surface area contributed by atoms with E-state index in [4.69, 9.17) is 9.47 Å². The molecule has 0 aliphatic carbocycles. The van der Waals surface area contributed by atoms with Gasteiger partial charge in [-0.1, -0.05) is 13.0 Å². The number of aliphatic hydroxyl groups is 1. The van der Waals surface area contributed by atoms with Crippen molar-refractivity contribution in [1.82, 2.24) is 5.32 Å². The van der Waals surface area contributed by atoms with Crippen molar-refractivity contribution < 1.29 is 14.6 Å². The van der Waals surface area contributed by atoms with Crippen LogP contribution in [0.25, 0.3) is 0 Å². The minimum absolute atomic E-state index is 0.128. The molecule has 0 saturated carbocycles. The van der Waals surface area contributed by atoms with E-state index >= 15 is 0 Å². The average Bonchev–Trinajstić information content (AvgIpc) is 2.71. The number of aliphatic hydroxyl groups excluding tert-OH is 1. The third-order valence-corrected chi connectivity index (χ3v) is 4.19. The molecule has 1 aromatic carbocycles. The van der Waals surface area contributed by atoms with Crippen molar-refractivity contribution in [3.05, 3.63) is 23.8 Å². The van der Waals surface area contributed by atoms with Crippen LogP contribution >= 0.6 is 0 Å². The maximum Gasteiger partial charge on any atom is 0.161 e. The van der Waals surface area contributed by atoms with Gasteiger partial charge in [0.2, 0.25) is 0 Å². The molecule has 2 aliphatic rings. The first-order chi connectivity index (χ1) is 9.74. The van der Waals surface area contributed by atoms with E-state index in [0.29, 0.717) is 19.1 Å². The molecule has 3 unspecified atom stereocenters. The molecular weight excluding hydrogens is 254 g/mol. The predicted octanol–water partition coefficient (Wildman–Crippen LogP) is 2.27. The number of benzene rings is 1. The summed E-state index contributed by atoms with van der Waals surface area (Å²) in [5, 5.41) is 14.0. The van der Waals surface area contributed by atoms with E-state index in [1.807, 2.05) is 18.2 Å². The van der Waals surface area contributed by atoms with Gasteiger partial charge < -0.3 is 19.9 Å². The summed E-state index contributed by atoms with van der Waals surface area (Å²) >= 11 is 0. The van der Waals surface area contributed by atoms with Crippen LogP contribution < -0.4 is 14.8 Å². The molecule has 2 N–H and O–H groups in total. The van der Waals surface area contributed by atoms with Crippen molar-refractivity contribution >= 4 is 0 Å².